The molecule has 3 rings (SSSR count). The number of aryl methyl sites for hydroxylation is 1. The Labute approximate surface area is 161 Å². The number of benzene rings is 1. The summed E-state index contributed by atoms with van der Waals surface area (Å²) >= 11 is 1.21. The highest BCUT2D eigenvalue weighted by Crippen LogP contribution is 2.20. The lowest BCUT2D eigenvalue weighted by atomic mass is 10.1. The van der Waals surface area contributed by atoms with E-state index in [4.69, 9.17) is 4.74 Å². The van der Waals surface area contributed by atoms with Gasteiger partial charge in [-0.25, -0.2) is 18.1 Å². The molecule has 2 aromatic heterocycles. The highest BCUT2D eigenvalue weighted by molar-refractivity contribution is 7.91. The number of rotatable bonds is 7. The van der Waals surface area contributed by atoms with Gasteiger partial charge in [-0.2, -0.15) is 0 Å². The molecule has 0 saturated heterocycles. The average Bonchev–Trinajstić information content (AvgIpc) is 3.10. The van der Waals surface area contributed by atoms with Crippen molar-refractivity contribution in [3.8, 4) is 17.0 Å². The van der Waals surface area contributed by atoms with Crippen LogP contribution in [0.5, 0.6) is 5.75 Å². The van der Waals surface area contributed by atoms with E-state index in [1.54, 1.807) is 31.4 Å². The fraction of sp³-hybridized carbons (Fsp3) is 0.222. The smallest absolute Gasteiger partial charge is 0.253 e. The molecule has 2 heterocycles. The van der Waals surface area contributed by atoms with Crippen LogP contribution in [0.25, 0.3) is 11.3 Å². The number of thiophene rings is 1. The Morgan fingerprint density at radius 1 is 1.19 bits per heavy atom. The Kier molecular flexibility index (Phi) is 5.73. The topological polar surface area (TPSA) is 90.3 Å². The Morgan fingerprint density at radius 3 is 2.52 bits per heavy atom. The number of aromatic nitrogens is 2. The molecular formula is C18H19N3O4S2. The first-order chi connectivity index (χ1) is 12.9. The van der Waals surface area contributed by atoms with E-state index in [9.17, 15) is 13.2 Å². The zero-order chi connectivity index (χ0) is 19.4. The lowest BCUT2D eigenvalue weighted by Crippen LogP contribution is -2.30. The largest absolute Gasteiger partial charge is 0.497 e. The van der Waals surface area contributed by atoms with Crippen molar-refractivity contribution >= 4 is 21.4 Å². The van der Waals surface area contributed by atoms with Crippen LogP contribution in [-0.2, 0) is 16.6 Å². The second-order valence-electron chi connectivity index (χ2n) is 5.80. The lowest BCUT2D eigenvalue weighted by molar-refractivity contribution is 0.415. The Balaban J connectivity index is 1.66. The van der Waals surface area contributed by atoms with Gasteiger partial charge in [-0.05, 0) is 43.3 Å². The van der Waals surface area contributed by atoms with Crippen molar-refractivity contribution in [1.82, 2.24) is 14.3 Å². The van der Waals surface area contributed by atoms with Crippen LogP contribution in [0.1, 0.15) is 4.88 Å². The van der Waals surface area contributed by atoms with E-state index in [-0.39, 0.29) is 22.9 Å². The molecule has 0 atom stereocenters. The van der Waals surface area contributed by atoms with Gasteiger partial charge < -0.3 is 4.74 Å². The molecule has 3 aromatic rings. The zero-order valence-electron chi connectivity index (χ0n) is 14.9. The molecule has 0 spiro atoms. The summed E-state index contributed by atoms with van der Waals surface area (Å²) in [5, 5.41) is 0. The third-order valence-corrected chi connectivity index (χ3v) is 6.84. The van der Waals surface area contributed by atoms with Gasteiger partial charge in [-0.15, -0.1) is 11.3 Å². The fourth-order valence-corrected chi connectivity index (χ4v) is 4.79. The first kappa shape index (κ1) is 19.3. The highest BCUT2D eigenvalue weighted by atomic mass is 32.2. The van der Waals surface area contributed by atoms with Crippen LogP contribution in [0.15, 0.2) is 57.8 Å². The van der Waals surface area contributed by atoms with Gasteiger partial charge in [0.2, 0.25) is 10.0 Å². The third-order valence-electron chi connectivity index (χ3n) is 3.89. The minimum atomic E-state index is -3.56. The second kappa shape index (κ2) is 8.03. The molecule has 1 aromatic carbocycles. The summed E-state index contributed by atoms with van der Waals surface area (Å²) in [6, 6.07) is 12.0. The van der Waals surface area contributed by atoms with E-state index in [1.165, 1.54) is 28.3 Å². The molecule has 7 nitrogen and oxygen atoms in total. The summed E-state index contributed by atoms with van der Waals surface area (Å²) in [5.41, 5.74) is 1.10. The third kappa shape index (κ3) is 4.62. The predicted octanol–water partition coefficient (Wildman–Crippen LogP) is 2.27. The first-order valence-electron chi connectivity index (χ1n) is 8.16. The summed E-state index contributed by atoms with van der Waals surface area (Å²) in [4.78, 5) is 17.5. The quantitative estimate of drug-likeness (QED) is 0.651. The van der Waals surface area contributed by atoms with Crippen molar-refractivity contribution in [3.05, 3.63) is 64.0 Å². The van der Waals surface area contributed by atoms with Crippen molar-refractivity contribution in [2.75, 3.05) is 13.7 Å². The first-order valence-corrected chi connectivity index (χ1v) is 10.5. The zero-order valence-corrected chi connectivity index (χ0v) is 16.5. The maximum absolute atomic E-state index is 12.3. The van der Waals surface area contributed by atoms with E-state index < -0.39 is 10.0 Å². The molecule has 9 heteroatoms. The van der Waals surface area contributed by atoms with Gasteiger partial charge in [0.1, 0.15) is 9.96 Å². The molecule has 0 unspecified atom stereocenters. The van der Waals surface area contributed by atoms with Crippen LogP contribution in [0.2, 0.25) is 0 Å². The lowest BCUT2D eigenvalue weighted by Gasteiger charge is -2.08. The van der Waals surface area contributed by atoms with Crippen molar-refractivity contribution < 1.29 is 13.2 Å². The SMILES string of the molecule is COc1ccc(-c2cc(=O)n(CCNS(=O)(=O)c3ccc(C)s3)cn2)cc1. The molecule has 0 fully saturated rings. The molecule has 0 amide bonds. The molecule has 1 N–H and O–H groups in total. The van der Waals surface area contributed by atoms with E-state index in [1.807, 2.05) is 19.1 Å². The standard InChI is InChI=1S/C18H19N3O4S2/c1-13-3-8-18(26-13)27(23,24)20-9-10-21-12-19-16(11-17(21)22)14-4-6-15(25-2)7-5-14/h3-8,11-12,20H,9-10H2,1-2H3. The maximum atomic E-state index is 12.3. The Hall–Kier alpha value is -2.49. The number of hydrogen-bond acceptors (Lipinski definition) is 6. The van der Waals surface area contributed by atoms with Crippen LogP contribution in [0, 0.1) is 6.92 Å². The summed E-state index contributed by atoms with van der Waals surface area (Å²) in [7, 11) is -1.97. The Morgan fingerprint density at radius 2 is 1.93 bits per heavy atom. The fourth-order valence-electron chi connectivity index (χ4n) is 2.44. The molecule has 0 aliphatic heterocycles. The van der Waals surface area contributed by atoms with Crippen LogP contribution >= 0.6 is 11.3 Å². The van der Waals surface area contributed by atoms with Gasteiger partial charge in [0, 0.05) is 29.6 Å². The molecule has 142 valence electrons. The number of sulfonamides is 1. The monoisotopic (exact) mass is 405 g/mol. The average molecular weight is 406 g/mol. The van der Waals surface area contributed by atoms with Crippen molar-refractivity contribution in [2.24, 2.45) is 0 Å². The summed E-state index contributed by atoms with van der Waals surface area (Å²) in [6.45, 7) is 2.14. The number of methoxy groups -OCH3 is 1. The molecular weight excluding hydrogens is 386 g/mol. The van der Waals surface area contributed by atoms with E-state index >= 15 is 0 Å². The molecule has 0 aliphatic carbocycles. The number of nitrogens with zero attached hydrogens (tertiary/aromatic N) is 2. The predicted molar refractivity (Wildman–Crippen MR) is 105 cm³/mol. The molecule has 27 heavy (non-hydrogen) atoms. The van der Waals surface area contributed by atoms with E-state index in [0.29, 0.717) is 5.69 Å². The minimum absolute atomic E-state index is 0.1000. The van der Waals surface area contributed by atoms with Gasteiger partial charge in [0.15, 0.2) is 0 Å². The van der Waals surface area contributed by atoms with Gasteiger partial charge in [-0.3, -0.25) is 9.36 Å². The van der Waals surface area contributed by atoms with Crippen LogP contribution in [-0.4, -0.2) is 31.6 Å². The maximum Gasteiger partial charge on any atom is 0.253 e. The van der Waals surface area contributed by atoms with E-state index in [0.717, 1.165) is 16.2 Å². The molecule has 0 aliphatic rings. The number of nitrogens with one attached hydrogen (secondary N) is 1. The van der Waals surface area contributed by atoms with Crippen molar-refractivity contribution in [2.45, 2.75) is 17.7 Å². The van der Waals surface area contributed by atoms with Gasteiger partial charge in [-0.1, -0.05) is 0 Å². The molecule has 0 bridgehead atoms. The molecule has 0 radical (unpaired) electrons. The molecule has 0 saturated carbocycles. The van der Waals surface area contributed by atoms with Gasteiger partial charge in [0.25, 0.3) is 5.56 Å². The van der Waals surface area contributed by atoms with Crippen LogP contribution < -0.4 is 15.0 Å². The van der Waals surface area contributed by atoms with Crippen molar-refractivity contribution in [3.63, 3.8) is 0 Å². The van der Waals surface area contributed by atoms with Gasteiger partial charge in [0.05, 0.1) is 19.1 Å². The normalized spacial score (nSPS) is 11.5. The van der Waals surface area contributed by atoms with Crippen LogP contribution in [0.3, 0.4) is 0 Å². The summed E-state index contributed by atoms with van der Waals surface area (Å²) < 4.78 is 33.6. The van der Waals surface area contributed by atoms with Crippen molar-refractivity contribution in [1.29, 1.82) is 0 Å². The van der Waals surface area contributed by atoms with E-state index in [2.05, 4.69) is 9.71 Å². The van der Waals surface area contributed by atoms with Crippen LogP contribution in [0.4, 0.5) is 0 Å². The Bertz CT molecular complexity index is 1090. The second-order valence-corrected chi connectivity index (χ2v) is 9.08. The minimum Gasteiger partial charge on any atom is -0.497 e. The number of hydrogen-bond donors (Lipinski definition) is 1. The summed E-state index contributed by atoms with van der Waals surface area (Å²) in [5.74, 6) is 0.723. The number of ether oxygens (including phenoxy) is 1. The van der Waals surface area contributed by atoms with Gasteiger partial charge >= 0.3 is 0 Å². The summed E-state index contributed by atoms with van der Waals surface area (Å²) in [6.07, 6.45) is 1.42. The highest BCUT2D eigenvalue weighted by Gasteiger charge is 2.15.